The first kappa shape index (κ1) is 32.5. The molecule has 0 saturated heterocycles. The summed E-state index contributed by atoms with van der Waals surface area (Å²) in [5.41, 5.74) is 14.0. The lowest BCUT2D eigenvalue weighted by Gasteiger charge is -2.20. The van der Waals surface area contributed by atoms with Gasteiger partial charge < -0.3 is 9.47 Å². The Labute approximate surface area is 301 Å². The molecule has 0 fully saturated rings. The second-order valence-electron chi connectivity index (χ2n) is 14.0. The second kappa shape index (κ2) is 13.9. The molecule has 0 N–H and O–H groups in total. The Morgan fingerprint density at radius 2 is 0.725 bits per heavy atom. The lowest BCUT2D eigenvalue weighted by Crippen LogP contribution is -2.13. The van der Waals surface area contributed by atoms with Crippen molar-refractivity contribution in [2.75, 3.05) is 0 Å². The Balaban J connectivity index is 1.14. The van der Waals surface area contributed by atoms with E-state index in [-0.39, 0.29) is 24.3 Å². The molecule has 51 heavy (non-hydrogen) atoms. The van der Waals surface area contributed by atoms with Crippen molar-refractivity contribution in [2.45, 2.75) is 58.4 Å². The van der Waals surface area contributed by atoms with Gasteiger partial charge in [-0.3, -0.25) is 0 Å². The number of nitrogens with zero attached hydrogens (tertiary/aromatic N) is 2. The van der Waals surface area contributed by atoms with Crippen LogP contribution in [0.5, 0.6) is 0 Å². The number of ether oxygens (including phenoxy) is 2. The van der Waals surface area contributed by atoms with Crippen molar-refractivity contribution in [2.24, 2.45) is 9.98 Å². The van der Waals surface area contributed by atoms with Crippen LogP contribution in [0, 0.1) is 27.7 Å². The van der Waals surface area contributed by atoms with Gasteiger partial charge in [0.05, 0.1) is 6.42 Å². The summed E-state index contributed by atoms with van der Waals surface area (Å²) in [7, 11) is 0. The molecule has 0 aromatic heterocycles. The minimum atomic E-state index is -0.260. The van der Waals surface area contributed by atoms with Crippen LogP contribution in [0.3, 0.4) is 0 Å². The number of hydrogen-bond acceptors (Lipinski definition) is 4. The number of aliphatic imine (C=N–C) groups is 2. The summed E-state index contributed by atoms with van der Waals surface area (Å²) in [5.74, 6) is 1.28. The van der Waals surface area contributed by atoms with Gasteiger partial charge in [-0.25, -0.2) is 9.98 Å². The van der Waals surface area contributed by atoms with Crippen molar-refractivity contribution < 1.29 is 9.47 Å². The molecule has 2 aliphatic rings. The molecular weight excluding hydrogens is 625 g/mol. The Kier molecular flexibility index (Phi) is 8.83. The lowest BCUT2D eigenvalue weighted by molar-refractivity contribution is 0.183. The van der Waals surface area contributed by atoms with Crippen LogP contribution in [-0.4, -0.2) is 11.8 Å². The molecule has 252 valence electrons. The molecule has 4 atom stereocenters. The number of aryl methyl sites for hydroxylation is 4. The molecule has 6 aromatic rings. The highest BCUT2D eigenvalue weighted by atomic mass is 16.5. The third kappa shape index (κ3) is 7.00. The lowest BCUT2D eigenvalue weighted by atomic mass is 9.93. The van der Waals surface area contributed by atoms with E-state index in [1.165, 1.54) is 44.5 Å². The Bertz CT molecular complexity index is 2120. The zero-order valence-corrected chi connectivity index (χ0v) is 29.6. The van der Waals surface area contributed by atoms with Gasteiger partial charge in [-0.05, 0) is 84.3 Å². The van der Waals surface area contributed by atoms with Gasteiger partial charge in [-0.15, -0.1) is 0 Å². The number of hydrogen-bond donors (Lipinski definition) is 0. The molecule has 0 spiro atoms. The fraction of sp³-hybridized carbons (Fsp3) is 0.191. The molecule has 4 heteroatoms. The molecule has 0 bridgehead atoms. The van der Waals surface area contributed by atoms with Crippen molar-refractivity contribution in [1.82, 2.24) is 0 Å². The second-order valence-corrected chi connectivity index (χ2v) is 14.0. The van der Waals surface area contributed by atoms with E-state index in [2.05, 4.69) is 173 Å². The van der Waals surface area contributed by atoms with E-state index in [9.17, 15) is 0 Å². The van der Waals surface area contributed by atoms with Crippen molar-refractivity contribution in [3.63, 3.8) is 0 Å². The van der Waals surface area contributed by atoms with E-state index in [0.717, 1.165) is 22.3 Å². The topological polar surface area (TPSA) is 43.2 Å². The summed E-state index contributed by atoms with van der Waals surface area (Å²) in [6.45, 7) is 8.50. The molecule has 0 aliphatic carbocycles. The normalized spacial score (nSPS) is 19.6. The molecule has 0 saturated carbocycles. The standard InChI is InChI=1S/C47H42N2O2/c1-30-11-5-15-34(23-30)36-17-9-19-38(27-36)44-46(40-21-7-13-32(3)25-40)50-42(48-44)29-43-49-45(47(51-43)41-22-8-14-33(4)26-41)39-20-10-18-37(28-39)35-16-6-12-31(2)24-35/h5-28,44-47H,29H2,1-4H3/t44-,45-,46?,47?/m1/s1. The SMILES string of the molecule is Cc1cccc(-c2cccc([C@H]3N=C(CC4=N[C@H](c5cccc(-c6cccc(C)c6)c5)C(c5cccc(C)c5)O4)OC3c3cccc(C)c3)c2)c1. The maximum atomic E-state index is 6.77. The van der Waals surface area contributed by atoms with Gasteiger partial charge in [-0.2, -0.15) is 0 Å². The van der Waals surface area contributed by atoms with E-state index in [1.54, 1.807) is 0 Å². The minimum absolute atomic E-state index is 0.206. The predicted octanol–water partition coefficient (Wildman–Crippen LogP) is 11.8. The first-order valence-corrected chi connectivity index (χ1v) is 17.8. The Morgan fingerprint density at radius 1 is 0.392 bits per heavy atom. The van der Waals surface area contributed by atoms with Crippen molar-refractivity contribution in [3.05, 3.63) is 190 Å². The molecule has 6 aromatic carbocycles. The number of rotatable bonds is 8. The van der Waals surface area contributed by atoms with Crippen LogP contribution in [0.1, 0.15) is 75.2 Å². The van der Waals surface area contributed by atoms with E-state index in [4.69, 9.17) is 19.5 Å². The molecule has 0 radical (unpaired) electrons. The monoisotopic (exact) mass is 666 g/mol. The molecular formula is C47H42N2O2. The molecule has 8 rings (SSSR count). The van der Waals surface area contributed by atoms with E-state index >= 15 is 0 Å². The zero-order chi connectivity index (χ0) is 34.9. The first-order chi connectivity index (χ1) is 24.9. The molecule has 2 heterocycles. The molecule has 2 aliphatic heterocycles. The van der Waals surface area contributed by atoms with Crippen LogP contribution in [-0.2, 0) is 9.47 Å². The highest BCUT2D eigenvalue weighted by Crippen LogP contribution is 2.45. The highest BCUT2D eigenvalue weighted by molar-refractivity contribution is 5.98. The van der Waals surface area contributed by atoms with Crippen LogP contribution in [0.2, 0.25) is 0 Å². The quantitative estimate of drug-likeness (QED) is 0.162. The fourth-order valence-electron chi connectivity index (χ4n) is 7.38. The molecule has 0 amide bonds. The Hall–Kier alpha value is -5.74. The van der Waals surface area contributed by atoms with Crippen LogP contribution in [0.4, 0.5) is 0 Å². The summed E-state index contributed by atoms with van der Waals surface area (Å²) < 4.78 is 13.5. The number of benzene rings is 6. The molecule has 2 unspecified atom stereocenters. The van der Waals surface area contributed by atoms with Crippen molar-refractivity contribution in [3.8, 4) is 22.3 Å². The third-order valence-electron chi connectivity index (χ3n) is 9.87. The van der Waals surface area contributed by atoms with Gasteiger partial charge in [0, 0.05) is 0 Å². The fourth-order valence-corrected chi connectivity index (χ4v) is 7.38. The van der Waals surface area contributed by atoms with E-state index < -0.39 is 0 Å². The van der Waals surface area contributed by atoms with Gasteiger partial charge in [-0.1, -0.05) is 156 Å². The minimum Gasteiger partial charge on any atom is -0.470 e. The van der Waals surface area contributed by atoms with Crippen LogP contribution in [0.25, 0.3) is 22.3 Å². The highest BCUT2D eigenvalue weighted by Gasteiger charge is 2.38. The van der Waals surface area contributed by atoms with Gasteiger partial charge >= 0.3 is 0 Å². The van der Waals surface area contributed by atoms with Crippen LogP contribution < -0.4 is 0 Å². The maximum absolute atomic E-state index is 6.77. The third-order valence-corrected chi connectivity index (χ3v) is 9.87. The smallest absolute Gasteiger partial charge is 0.194 e. The van der Waals surface area contributed by atoms with Gasteiger partial charge in [0.2, 0.25) is 0 Å². The van der Waals surface area contributed by atoms with Crippen molar-refractivity contribution >= 4 is 11.8 Å². The average Bonchev–Trinajstić information content (AvgIpc) is 3.77. The summed E-state index contributed by atoms with van der Waals surface area (Å²) in [6.07, 6.45) is -0.139. The van der Waals surface area contributed by atoms with Gasteiger partial charge in [0.1, 0.15) is 12.1 Å². The van der Waals surface area contributed by atoms with E-state index in [0.29, 0.717) is 18.2 Å². The Morgan fingerprint density at radius 3 is 1.12 bits per heavy atom. The maximum Gasteiger partial charge on any atom is 0.194 e. The molecule has 4 nitrogen and oxygen atoms in total. The van der Waals surface area contributed by atoms with Crippen LogP contribution in [0.15, 0.2) is 156 Å². The first-order valence-electron chi connectivity index (χ1n) is 17.8. The predicted molar refractivity (Wildman–Crippen MR) is 208 cm³/mol. The van der Waals surface area contributed by atoms with Crippen LogP contribution >= 0.6 is 0 Å². The summed E-state index contributed by atoms with van der Waals surface area (Å²) in [5, 5.41) is 0. The van der Waals surface area contributed by atoms with E-state index in [1.807, 2.05) is 0 Å². The average molecular weight is 667 g/mol. The zero-order valence-electron chi connectivity index (χ0n) is 29.6. The van der Waals surface area contributed by atoms with Gasteiger partial charge in [0.25, 0.3) is 0 Å². The summed E-state index contributed by atoms with van der Waals surface area (Å²) in [4.78, 5) is 10.5. The van der Waals surface area contributed by atoms with Crippen molar-refractivity contribution in [1.29, 1.82) is 0 Å². The summed E-state index contributed by atoms with van der Waals surface area (Å²) in [6, 6.07) is 51.4. The van der Waals surface area contributed by atoms with Gasteiger partial charge in [0.15, 0.2) is 24.0 Å². The largest absolute Gasteiger partial charge is 0.470 e. The summed E-state index contributed by atoms with van der Waals surface area (Å²) >= 11 is 0.